The van der Waals surface area contributed by atoms with Gasteiger partial charge in [-0.2, -0.15) is 0 Å². The quantitative estimate of drug-likeness (QED) is 0.852. The van der Waals surface area contributed by atoms with Gasteiger partial charge in [-0.05, 0) is 19.5 Å². The van der Waals surface area contributed by atoms with Crippen LogP contribution in [0.2, 0.25) is 0 Å². The number of aryl methyl sites for hydroxylation is 1. The third-order valence-corrected chi connectivity index (χ3v) is 1.94. The number of aliphatic carboxylic acids is 1. The molecule has 0 saturated carbocycles. The first-order valence-electron chi connectivity index (χ1n) is 5.54. The first kappa shape index (κ1) is 14.6. The van der Waals surface area contributed by atoms with Crippen molar-refractivity contribution in [3.05, 3.63) is 35.4 Å². The van der Waals surface area contributed by atoms with Gasteiger partial charge < -0.3 is 5.11 Å². The summed E-state index contributed by atoms with van der Waals surface area (Å²) < 4.78 is 0. The fourth-order valence-electron chi connectivity index (χ4n) is 1.41. The van der Waals surface area contributed by atoms with Gasteiger partial charge in [0.2, 0.25) is 0 Å². The molecule has 0 saturated heterocycles. The molecule has 0 radical (unpaired) electrons. The topological polar surface area (TPSA) is 40.5 Å². The highest BCUT2D eigenvalue weighted by molar-refractivity contribution is 5.69. The molecule has 0 aliphatic rings. The van der Waals surface area contributed by atoms with Crippen LogP contribution in [0.25, 0.3) is 0 Å². The molecule has 0 bridgehead atoms. The molecular weight excluding hydrogens is 202 g/mol. The van der Waals surface area contributed by atoms with Crippen LogP contribution in [0.3, 0.4) is 0 Å². The fraction of sp³-hybridized carbons (Fsp3) is 0.462. The molecule has 3 nitrogen and oxygen atoms in total. The summed E-state index contributed by atoms with van der Waals surface area (Å²) in [4.78, 5) is 12.2. The number of rotatable bonds is 4. The van der Waals surface area contributed by atoms with Crippen LogP contribution in [-0.2, 0) is 11.3 Å². The van der Waals surface area contributed by atoms with Crippen LogP contribution in [-0.4, -0.2) is 29.6 Å². The molecule has 90 valence electrons. The van der Waals surface area contributed by atoms with Gasteiger partial charge in [-0.15, -0.1) is 0 Å². The lowest BCUT2D eigenvalue weighted by Crippen LogP contribution is -2.25. The molecule has 0 unspecified atom stereocenters. The Morgan fingerprint density at radius 1 is 1.38 bits per heavy atom. The second-order valence-electron chi connectivity index (χ2n) is 3.56. The van der Waals surface area contributed by atoms with E-state index < -0.39 is 5.97 Å². The molecule has 3 heteroatoms. The van der Waals surface area contributed by atoms with Gasteiger partial charge >= 0.3 is 5.97 Å². The summed E-state index contributed by atoms with van der Waals surface area (Å²) in [6.07, 6.45) is 0. The van der Waals surface area contributed by atoms with Gasteiger partial charge in [0, 0.05) is 6.54 Å². The SMILES string of the molecule is CC.Cc1cccc(CN(C)CC(=O)O)c1. The van der Waals surface area contributed by atoms with Gasteiger partial charge in [-0.25, -0.2) is 0 Å². The lowest BCUT2D eigenvalue weighted by molar-refractivity contribution is -0.138. The fourth-order valence-corrected chi connectivity index (χ4v) is 1.41. The molecule has 0 aliphatic heterocycles. The summed E-state index contributed by atoms with van der Waals surface area (Å²) in [6, 6.07) is 8.09. The minimum absolute atomic E-state index is 0.0773. The van der Waals surface area contributed by atoms with Crippen molar-refractivity contribution < 1.29 is 9.90 Å². The summed E-state index contributed by atoms with van der Waals surface area (Å²) in [5.74, 6) is -0.792. The van der Waals surface area contributed by atoms with Gasteiger partial charge in [0.15, 0.2) is 0 Å². The largest absolute Gasteiger partial charge is 0.480 e. The van der Waals surface area contributed by atoms with E-state index in [1.165, 1.54) is 5.56 Å². The lowest BCUT2D eigenvalue weighted by Gasteiger charge is -2.13. The predicted octanol–water partition coefficient (Wildman–Crippen LogP) is 2.54. The Morgan fingerprint density at radius 2 is 2.00 bits per heavy atom. The van der Waals surface area contributed by atoms with Gasteiger partial charge in [0.05, 0.1) is 6.54 Å². The molecule has 1 N–H and O–H groups in total. The van der Waals surface area contributed by atoms with E-state index in [4.69, 9.17) is 5.11 Å². The predicted molar refractivity (Wildman–Crippen MR) is 66.5 cm³/mol. The van der Waals surface area contributed by atoms with E-state index in [-0.39, 0.29) is 6.54 Å². The zero-order valence-corrected chi connectivity index (χ0v) is 10.5. The maximum absolute atomic E-state index is 10.4. The van der Waals surface area contributed by atoms with E-state index in [1.54, 1.807) is 11.9 Å². The maximum atomic E-state index is 10.4. The number of hydrogen-bond acceptors (Lipinski definition) is 2. The van der Waals surface area contributed by atoms with Crippen LogP contribution < -0.4 is 0 Å². The third-order valence-electron chi connectivity index (χ3n) is 1.94. The molecular formula is C13H21NO2. The van der Waals surface area contributed by atoms with Gasteiger partial charge in [-0.3, -0.25) is 9.69 Å². The normalized spacial score (nSPS) is 9.56. The van der Waals surface area contributed by atoms with E-state index in [9.17, 15) is 4.79 Å². The van der Waals surface area contributed by atoms with Crippen molar-refractivity contribution in [1.82, 2.24) is 4.90 Å². The first-order valence-corrected chi connectivity index (χ1v) is 5.54. The van der Waals surface area contributed by atoms with Gasteiger partial charge in [-0.1, -0.05) is 43.7 Å². The van der Waals surface area contributed by atoms with E-state index >= 15 is 0 Å². The van der Waals surface area contributed by atoms with Crippen molar-refractivity contribution >= 4 is 5.97 Å². The van der Waals surface area contributed by atoms with E-state index in [0.29, 0.717) is 6.54 Å². The minimum atomic E-state index is -0.792. The van der Waals surface area contributed by atoms with Crippen molar-refractivity contribution in [2.24, 2.45) is 0 Å². The molecule has 0 aliphatic carbocycles. The number of carbonyl (C=O) groups is 1. The van der Waals surface area contributed by atoms with Crippen LogP contribution in [0.4, 0.5) is 0 Å². The Bertz CT molecular complexity index is 323. The number of carboxylic acids is 1. The highest BCUT2D eigenvalue weighted by Gasteiger charge is 2.04. The summed E-state index contributed by atoms with van der Waals surface area (Å²) in [7, 11) is 1.80. The van der Waals surface area contributed by atoms with Gasteiger partial charge in [0.25, 0.3) is 0 Å². The lowest BCUT2D eigenvalue weighted by atomic mass is 10.1. The molecule has 1 rings (SSSR count). The number of carboxylic acid groups (broad SMARTS) is 1. The second kappa shape index (κ2) is 7.88. The monoisotopic (exact) mass is 223 g/mol. The number of benzene rings is 1. The van der Waals surface area contributed by atoms with Gasteiger partial charge in [0.1, 0.15) is 0 Å². The van der Waals surface area contributed by atoms with Crippen LogP contribution >= 0.6 is 0 Å². The third kappa shape index (κ3) is 6.19. The summed E-state index contributed by atoms with van der Waals surface area (Å²) in [6.45, 7) is 6.78. The molecule has 1 aromatic carbocycles. The van der Waals surface area contributed by atoms with Crippen molar-refractivity contribution in [2.45, 2.75) is 27.3 Å². The smallest absolute Gasteiger partial charge is 0.317 e. The van der Waals surface area contributed by atoms with E-state index in [1.807, 2.05) is 39.0 Å². The van der Waals surface area contributed by atoms with Crippen LogP contribution in [0, 0.1) is 6.92 Å². The second-order valence-corrected chi connectivity index (χ2v) is 3.56. The molecule has 0 fully saturated rings. The molecule has 1 aromatic rings. The Labute approximate surface area is 97.7 Å². The maximum Gasteiger partial charge on any atom is 0.317 e. The number of hydrogen-bond donors (Lipinski definition) is 1. The van der Waals surface area contributed by atoms with Crippen molar-refractivity contribution in [3.8, 4) is 0 Å². The first-order chi connectivity index (χ1) is 7.58. The Hall–Kier alpha value is -1.35. The molecule has 0 atom stereocenters. The molecule has 0 spiro atoms. The highest BCUT2D eigenvalue weighted by atomic mass is 16.4. The van der Waals surface area contributed by atoms with Crippen LogP contribution in [0.1, 0.15) is 25.0 Å². The minimum Gasteiger partial charge on any atom is -0.480 e. The zero-order valence-electron chi connectivity index (χ0n) is 10.5. The van der Waals surface area contributed by atoms with Crippen LogP contribution in [0.5, 0.6) is 0 Å². The zero-order chi connectivity index (χ0) is 12.6. The Balaban J connectivity index is 0.00000106. The molecule has 0 aromatic heterocycles. The molecule has 0 amide bonds. The number of nitrogens with zero attached hydrogens (tertiary/aromatic N) is 1. The standard InChI is InChI=1S/C11H15NO2.C2H6/c1-9-4-3-5-10(6-9)7-12(2)8-11(13)14;1-2/h3-6H,7-8H2,1-2H3,(H,13,14);1-2H3. The molecule has 0 heterocycles. The van der Waals surface area contributed by atoms with Crippen LogP contribution in [0.15, 0.2) is 24.3 Å². The Kier molecular flexibility index (Phi) is 7.21. The summed E-state index contributed by atoms with van der Waals surface area (Å²) >= 11 is 0. The summed E-state index contributed by atoms with van der Waals surface area (Å²) in [5, 5.41) is 8.57. The van der Waals surface area contributed by atoms with Crippen molar-refractivity contribution in [3.63, 3.8) is 0 Å². The van der Waals surface area contributed by atoms with Crippen molar-refractivity contribution in [2.75, 3.05) is 13.6 Å². The van der Waals surface area contributed by atoms with Crippen molar-refractivity contribution in [1.29, 1.82) is 0 Å². The highest BCUT2D eigenvalue weighted by Crippen LogP contribution is 2.06. The summed E-state index contributed by atoms with van der Waals surface area (Å²) in [5.41, 5.74) is 2.35. The Morgan fingerprint density at radius 3 is 2.50 bits per heavy atom. The number of likely N-dealkylation sites (N-methyl/N-ethyl adjacent to an activating group) is 1. The molecule has 16 heavy (non-hydrogen) atoms. The average Bonchev–Trinajstić information content (AvgIpc) is 2.19. The average molecular weight is 223 g/mol. The van der Waals surface area contributed by atoms with E-state index in [0.717, 1.165) is 5.56 Å². The van der Waals surface area contributed by atoms with E-state index in [2.05, 4.69) is 6.07 Å².